The highest BCUT2D eigenvalue weighted by atomic mass is 32.1. The summed E-state index contributed by atoms with van der Waals surface area (Å²) in [6, 6.07) is 1.99. The molecule has 25 heavy (non-hydrogen) atoms. The Morgan fingerprint density at radius 2 is 1.32 bits per heavy atom. The Labute approximate surface area is 167 Å². The summed E-state index contributed by atoms with van der Waals surface area (Å²) in [5, 5.41) is 0. The Morgan fingerprint density at radius 3 is 1.76 bits per heavy atom. The van der Waals surface area contributed by atoms with Crippen molar-refractivity contribution in [1.82, 2.24) is 13.7 Å². The van der Waals surface area contributed by atoms with Gasteiger partial charge in [0, 0.05) is 19.1 Å². The van der Waals surface area contributed by atoms with Crippen LogP contribution in [0, 0.1) is 26.2 Å². The lowest BCUT2D eigenvalue weighted by atomic mass is 10.5. The first-order valence-corrected chi connectivity index (χ1v) is 12.7. The van der Waals surface area contributed by atoms with Gasteiger partial charge in [0.2, 0.25) is 0 Å². The van der Waals surface area contributed by atoms with E-state index in [0.717, 1.165) is 12.1 Å². The summed E-state index contributed by atoms with van der Waals surface area (Å²) in [7, 11) is -1.33. The van der Waals surface area contributed by atoms with Crippen LogP contribution in [0.5, 0.6) is 0 Å². The van der Waals surface area contributed by atoms with Gasteiger partial charge in [-0.05, 0) is 42.7 Å². The second kappa shape index (κ2) is 9.97. The number of nitrogens with zero attached hydrogens (tertiary/aromatic N) is 3. The smallest absolute Gasteiger partial charge is 0.185 e. The Kier molecular flexibility index (Phi) is 8.66. The maximum atomic E-state index is 5.57. The number of allylic oxidation sites excluding steroid dienone is 3. The molecule has 0 spiro atoms. The molecule has 0 radical (unpaired) electrons. The third-order valence-corrected chi connectivity index (χ3v) is 7.48. The van der Waals surface area contributed by atoms with Crippen LogP contribution in [-0.2, 0) is 19.6 Å². The van der Waals surface area contributed by atoms with Gasteiger partial charge in [-0.2, -0.15) is 0 Å². The van der Waals surface area contributed by atoms with Crippen LogP contribution in [0.3, 0.4) is 0 Å². The van der Waals surface area contributed by atoms with Crippen molar-refractivity contribution >= 4 is 44.7 Å². The van der Waals surface area contributed by atoms with Gasteiger partial charge in [0.25, 0.3) is 0 Å². The molecule has 1 aromatic heterocycles. The fraction of sp³-hybridized carbons (Fsp3) is 0.389. The van der Waals surface area contributed by atoms with Crippen molar-refractivity contribution in [2.75, 3.05) is 0 Å². The lowest BCUT2D eigenvalue weighted by Gasteiger charge is -2.17. The standard InChI is InChI=1S/C18H25N3S3Si/c1-6-11-19-16(22)20(12-7-2)18(24)21(17(19)23)13-9-10-15-25(4,5)14-8-3/h6-8H,1-3,11-15H2,4-5H3. The van der Waals surface area contributed by atoms with Crippen molar-refractivity contribution in [3.8, 4) is 11.8 Å². The molecule has 1 rings (SSSR count). The zero-order chi connectivity index (χ0) is 19.0. The molecular formula is C18H25N3S3Si. The molecule has 1 heterocycles. The summed E-state index contributed by atoms with van der Waals surface area (Å²) in [4.78, 5) is 0. The van der Waals surface area contributed by atoms with Crippen LogP contribution in [0.2, 0.25) is 25.2 Å². The van der Waals surface area contributed by atoms with E-state index in [1.165, 1.54) is 0 Å². The Hall–Kier alpha value is -1.33. The van der Waals surface area contributed by atoms with Crippen molar-refractivity contribution in [2.45, 2.75) is 44.8 Å². The molecule has 0 N–H and O–H groups in total. The van der Waals surface area contributed by atoms with Crippen LogP contribution in [0.25, 0.3) is 0 Å². The summed E-state index contributed by atoms with van der Waals surface area (Å²) in [5.74, 6) is 6.52. The van der Waals surface area contributed by atoms with Crippen molar-refractivity contribution in [3.63, 3.8) is 0 Å². The number of rotatable bonds is 8. The Morgan fingerprint density at radius 1 is 0.840 bits per heavy atom. The molecule has 0 aliphatic rings. The van der Waals surface area contributed by atoms with Gasteiger partial charge in [-0.15, -0.1) is 25.7 Å². The summed E-state index contributed by atoms with van der Waals surface area (Å²) in [5.41, 5.74) is 0. The van der Waals surface area contributed by atoms with Gasteiger partial charge in [-0.3, -0.25) is 13.7 Å². The maximum Gasteiger partial charge on any atom is 0.185 e. The molecule has 0 amide bonds. The topological polar surface area (TPSA) is 14.8 Å². The molecule has 0 saturated heterocycles. The van der Waals surface area contributed by atoms with E-state index in [1.54, 1.807) is 12.2 Å². The minimum atomic E-state index is -1.33. The number of hydrogen-bond donors (Lipinski definition) is 0. The van der Waals surface area contributed by atoms with Gasteiger partial charge in [0.05, 0.1) is 14.6 Å². The molecule has 0 bridgehead atoms. The number of hydrogen-bond acceptors (Lipinski definition) is 3. The average Bonchev–Trinajstić information content (AvgIpc) is 2.54. The minimum absolute atomic E-state index is 0.458. The molecule has 3 nitrogen and oxygen atoms in total. The molecule has 7 heteroatoms. The first kappa shape index (κ1) is 21.7. The van der Waals surface area contributed by atoms with Crippen LogP contribution in [-0.4, -0.2) is 21.8 Å². The van der Waals surface area contributed by atoms with Crippen molar-refractivity contribution in [1.29, 1.82) is 0 Å². The zero-order valence-corrected chi connectivity index (χ0v) is 18.4. The highest BCUT2D eigenvalue weighted by Crippen LogP contribution is 2.14. The molecule has 0 aliphatic carbocycles. The second-order valence-electron chi connectivity index (χ2n) is 6.42. The zero-order valence-electron chi connectivity index (χ0n) is 15.0. The van der Waals surface area contributed by atoms with E-state index in [2.05, 4.69) is 44.7 Å². The summed E-state index contributed by atoms with van der Waals surface area (Å²) in [6.45, 7) is 17.5. The highest BCUT2D eigenvalue weighted by molar-refractivity contribution is 7.72. The maximum absolute atomic E-state index is 5.57. The molecule has 0 atom stereocenters. The molecule has 0 aliphatic heterocycles. The Bertz CT molecular complexity index is 843. The molecule has 0 fully saturated rings. The first-order chi connectivity index (χ1) is 11.8. The normalized spacial score (nSPS) is 10.6. The average molecular weight is 408 g/mol. The van der Waals surface area contributed by atoms with Gasteiger partial charge in [0.15, 0.2) is 14.3 Å². The van der Waals surface area contributed by atoms with Gasteiger partial charge >= 0.3 is 0 Å². The van der Waals surface area contributed by atoms with Crippen LogP contribution in [0.1, 0.15) is 0 Å². The number of aromatic nitrogens is 3. The van der Waals surface area contributed by atoms with Gasteiger partial charge < -0.3 is 0 Å². The van der Waals surface area contributed by atoms with E-state index in [1.807, 2.05) is 19.8 Å². The summed E-state index contributed by atoms with van der Waals surface area (Å²) < 4.78 is 7.27. The molecule has 0 unspecified atom stereocenters. The molecule has 134 valence electrons. The van der Waals surface area contributed by atoms with Crippen LogP contribution in [0.15, 0.2) is 38.0 Å². The lowest BCUT2D eigenvalue weighted by molar-refractivity contribution is 0.556. The fourth-order valence-corrected chi connectivity index (χ4v) is 4.94. The SMILES string of the molecule is C=CCn1c(=S)n(CC#CC[Si](C)(C)CC=C)c(=S)n(CC=C)c1=S. The molecule has 0 saturated carbocycles. The van der Waals surface area contributed by atoms with Crippen LogP contribution in [0.4, 0.5) is 0 Å². The monoisotopic (exact) mass is 407 g/mol. The van der Waals surface area contributed by atoms with E-state index in [-0.39, 0.29) is 0 Å². The minimum Gasteiger partial charge on any atom is -0.291 e. The van der Waals surface area contributed by atoms with Crippen molar-refractivity contribution < 1.29 is 0 Å². The van der Waals surface area contributed by atoms with Gasteiger partial charge in [0.1, 0.15) is 0 Å². The first-order valence-electron chi connectivity index (χ1n) is 8.02. The van der Waals surface area contributed by atoms with Crippen molar-refractivity contribution in [3.05, 3.63) is 52.3 Å². The Balaban J connectivity index is 3.28. The quantitative estimate of drug-likeness (QED) is 0.243. The fourth-order valence-electron chi connectivity index (χ4n) is 2.29. The third kappa shape index (κ3) is 5.85. The van der Waals surface area contributed by atoms with Crippen LogP contribution >= 0.6 is 36.7 Å². The second-order valence-corrected chi connectivity index (χ2v) is 12.6. The molecule has 1 aromatic rings. The predicted octanol–water partition coefficient (Wildman–Crippen LogP) is 5.55. The van der Waals surface area contributed by atoms with E-state index in [9.17, 15) is 0 Å². The summed E-state index contributed by atoms with van der Waals surface area (Å²) >= 11 is 16.7. The highest BCUT2D eigenvalue weighted by Gasteiger charge is 2.16. The van der Waals surface area contributed by atoms with Gasteiger partial charge in [-0.25, -0.2) is 0 Å². The van der Waals surface area contributed by atoms with E-state index in [4.69, 9.17) is 36.7 Å². The molecule has 0 aromatic carbocycles. The van der Waals surface area contributed by atoms with E-state index >= 15 is 0 Å². The summed E-state index contributed by atoms with van der Waals surface area (Å²) in [6.07, 6.45) is 5.53. The largest absolute Gasteiger partial charge is 0.291 e. The van der Waals surface area contributed by atoms with Crippen LogP contribution < -0.4 is 0 Å². The van der Waals surface area contributed by atoms with E-state index < -0.39 is 8.07 Å². The molecular weight excluding hydrogens is 383 g/mol. The van der Waals surface area contributed by atoms with Gasteiger partial charge in [-0.1, -0.05) is 37.2 Å². The van der Waals surface area contributed by atoms with E-state index in [0.29, 0.717) is 33.9 Å². The predicted molar refractivity (Wildman–Crippen MR) is 118 cm³/mol. The third-order valence-electron chi connectivity index (χ3n) is 3.63. The van der Waals surface area contributed by atoms with Crippen molar-refractivity contribution in [2.24, 2.45) is 0 Å². The lowest BCUT2D eigenvalue weighted by Crippen LogP contribution is -2.22.